The van der Waals surface area contributed by atoms with Crippen molar-refractivity contribution in [3.05, 3.63) is 104 Å². The van der Waals surface area contributed by atoms with Crippen LogP contribution in [0.1, 0.15) is 22.9 Å². The van der Waals surface area contributed by atoms with Crippen molar-refractivity contribution in [2.75, 3.05) is 5.75 Å². The minimum atomic E-state index is -0.793. The lowest BCUT2D eigenvalue weighted by molar-refractivity contribution is -0.152. The minimum absolute atomic E-state index is 0.0889. The first-order valence-electron chi connectivity index (χ1n) is 10.8. The van der Waals surface area contributed by atoms with Gasteiger partial charge in [-0.05, 0) is 11.1 Å². The number of esters is 1. The van der Waals surface area contributed by atoms with E-state index in [-0.39, 0.29) is 22.7 Å². The van der Waals surface area contributed by atoms with Crippen molar-refractivity contribution >= 4 is 29.2 Å². The molecule has 5 rings (SSSR count). The number of nitrogens with two attached hydrogens (primary N) is 1. The van der Waals surface area contributed by atoms with Gasteiger partial charge in [-0.1, -0.05) is 60.7 Å². The summed E-state index contributed by atoms with van der Waals surface area (Å²) in [4.78, 5) is 54.3. The maximum absolute atomic E-state index is 13.7. The first kappa shape index (κ1) is 22.8. The van der Waals surface area contributed by atoms with Crippen LogP contribution in [-0.4, -0.2) is 48.7 Å². The third-order valence-electron chi connectivity index (χ3n) is 5.90. The summed E-state index contributed by atoms with van der Waals surface area (Å²) in [6.07, 6.45) is -0.761. The molecule has 2 aromatic carbocycles. The molecule has 11 heteroatoms. The van der Waals surface area contributed by atoms with Crippen LogP contribution in [-0.2, 0) is 21.4 Å². The normalized spacial score (nSPS) is 19.4. The highest BCUT2D eigenvalue weighted by molar-refractivity contribution is 8.00. The van der Waals surface area contributed by atoms with Crippen LogP contribution in [0.5, 0.6) is 0 Å². The first-order chi connectivity index (χ1) is 16.9. The highest BCUT2D eigenvalue weighted by Crippen LogP contribution is 2.42. The van der Waals surface area contributed by atoms with Gasteiger partial charge >= 0.3 is 11.7 Å². The van der Waals surface area contributed by atoms with Crippen molar-refractivity contribution in [2.45, 2.75) is 17.5 Å². The molecule has 0 radical (unpaired) electrons. The van der Waals surface area contributed by atoms with Gasteiger partial charge in [-0.15, -0.1) is 11.8 Å². The Balaban J connectivity index is 1.62. The third kappa shape index (κ3) is 3.98. The molecular weight excluding hydrogens is 470 g/mol. The molecule has 0 bridgehead atoms. The summed E-state index contributed by atoms with van der Waals surface area (Å²) < 4.78 is 6.96. The first-order valence-corrected chi connectivity index (χ1v) is 11.8. The van der Waals surface area contributed by atoms with Gasteiger partial charge in [0.15, 0.2) is 11.8 Å². The van der Waals surface area contributed by atoms with Crippen molar-refractivity contribution in [1.82, 2.24) is 19.7 Å². The number of thioether (sulfide) groups is 1. The maximum atomic E-state index is 13.7. The highest BCUT2D eigenvalue weighted by Gasteiger charge is 2.53. The number of fused-ring (bicyclic) bond motifs is 1. The van der Waals surface area contributed by atoms with E-state index < -0.39 is 40.6 Å². The zero-order chi connectivity index (χ0) is 24.7. The number of carbonyl (C=O) groups is 2. The molecule has 3 N–H and O–H groups in total. The van der Waals surface area contributed by atoms with Crippen molar-refractivity contribution in [3.8, 4) is 0 Å². The Morgan fingerprint density at radius 2 is 1.69 bits per heavy atom. The van der Waals surface area contributed by atoms with Gasteiger partial charge in [0.1, 0.15) is 17.1 Å². The Hall–Kier alpha value is -3.96. The molecule has 1 fully saturated rings. The van der Waals surface area contributed by atoms with E-state index in [0.29, 0.717) is 0 Å². The van der Waals surface area contributed by atoms with Gasteiger partial charge in [-0.3, -0.25) is 19.5 Å². The number of H-pyrrole nitrogens is 1. The number of ether oxygens (including phenoxy) is 1. The molecule has 3 aromatic rings. The molecule has 0 spiro atoms. The molecular formula is C24H21N5O5S. The summed E-state index contributed by atoms with van der Waals surface area (Å²) in [5.41, 5.74) is 5.97. The number of aromatic amines is 1. The molecule has 2 atom stereocenters. The molecule has 35 heavy (non-hydrogen) atoms. The van der Waals surface area contributed by atoms with E-state index in [1.807, 2.05) is 60.7 Å². The quantitative estimate of drug-likeness (QED) is 0.394. The topological polar surface area (TPSA) is 140 Å². The number of nitrogens with one attached hydrogen (secondary N) is 1. The molecule has 0 aliphatic carbocycles. The van der Waals surface area contributed by atoms with Crippen LogP contribution in [0.25, 0.3) is 5.57 Å². The van der Waals surface area contributed by atoms with E-state index in [0.717, 1.165) is 15.8 Å². The lowest BCUT2D eigenvalue weighted by atomic mass is 10.0. The Morgan fingerprint density at radius 3 is 2.29 bits per heavy atom. The SMILES string of the molecule is Cn1nc(C2=C(C(=O)OC(c3ccccc3)c3ccccc3)N3C(=O)C(N)[C@H]3SC2)c(=O)[nH]c1=O. The average molecular weight is 492 g/mol. The molecule has 3 heterocycles. The number of nitrogens with zero attached hydrogens (tertiary/aromatic N) is 3. The third-order valence-corrected chi connectivity index (χ3v) is 7.20. The zero-order valence-corrected chi connectivity index (χ0v) is 19.4. The fourth-order valence-corrected chi connectivity index (χ4v) is 5.40. The highest BCUT2D eigenvalue weighted by atomic mass is 32.2. The Labute approximate surface area is 203 Å². The standard InChI is InChI=1S/C24H21N5O5S/c1-28-24(33)26-20(30)17(27-28)15-12-35-22-16(25)21(31)29(22)18(15)23(32)34-19(13-8-4-2-5-9-13)14-10-6-3-7-11-14/h2-11,16,19,22H,12,25H2,1H3,(H,26,30,33)/t16?,22-/m1/s1. The number of benzene rings is 2. The lowest BCUT2D eigenvalue weighted by Crippen LogP contribution is -2.68. The van der Waals surface area contributed by atoms with Gasteiger partial charge in [0, 0.05) is 18.4 Å². The molecule has 2 aliphatic rings. The van der Waals surface area contributed by atoms with Crippen LogP contribution in [0.3, 0.4) is 0 Å². The van der Waals surface area contributed by atoms with E-state index in [1.54, 1.807) is 0 Å². The smallest absolute Gasteiger partial charge is 0.356 e. The summed E-state index contributed by atoms with van der Waals surface area (Å²) in [6.45, 7) is 0. The van der Waals surface area contributed by atoms with Gasteiger partial charge in [0.25, 0.3) is 5.56 Å². The maximum Gasteiger partial charge on any atom is 0.356 e. The summed E-state index contributed by atoms with van der Waals surface area (Å²) in [5.74, 6) is -1.07. The van der Waals surface area contributed by atoms with E-state index in [9.17, 15) is 19.2 Å². The van der Waals surface area contributed by atoms with Crippen molar-refractivity contribution in [2.24, 2.45) is 12.8 Å². The molecule has 10 nitrogen and oxygen atoms in total. The summed E-state index contributed by atoms with van der Waals surface area (Å²) in [7, 11) is 1.38. The van der Waals surface area contributed by atoms with Gasteiger partial charge in [-0.2, -0.15) is 5.10 Å². The Kier molecular flexibility index (Phi) is 5.87. The fraction of sp³-hybridized carbons (Fsp3) is 0.208. The van der Waals surface area contributed by atoms with Gasteiger partial charge < -0.3 is 10.5 Å². The summed E-state index contributed by atoms with van der Waals surface area (Å²) in [6, 6.07) is 17.6. The number of amides is 1. The zero-order valence-electron chi connectivity index (χ0n) is 18.6. The second-order valence-corrected chi connectivity index (χ2v) is 9.21. The number of hydrogen-bond donors (Lipinski definition) is 2. The number of hydrogen-bond acceptors (Lipinski definition) is 8. The van der Waals surface area contributed by atoms with Crippen LogP contribution in [0.2, 0.25) is 0 Å². The lowest BCUT2D eigenvalue weighted by Gasteiger charge is -2.48. The number of aryl methyl sites for hydroxylation is 1. The number of rotatable bonds is 5. The fourth-order valence-electron chi connectivity index (χ4n) is 4.11. The molecule has 0 saturated carbocycles. The van der Waals surface area contributed by atoms with Gasteiger partial charge in [0.2, 0.25) is 5.91 Å². The Morgan fingerprint density at radius 1 is 1.09 bits per heavy atom. The van der Waals surface area contributed by atoms with E-state index in [1.165, 1.54) is 23.7 Å². The van der Waals surface area contributed by atoms with E-state index in [2.05, 4.69) is 10.1 Å². The van der Waals surface area contributed by atoms with Crippen LogP contribution >= 0.6 is 11.8 Å². The van der Waals surface area contributed by atoms with Crippen LogP contribution in [0, 0.1) is 0 Å². The largest absolute Gasteiger partial charge is 0.448 e. The summed E-state index contributed by atoms with van der Waals surface area (Å²) in [5, 5.41) is 3.60. The van der Waals surface area contributed by atoms with Crippen molar-refractivity contribution < 1.29 is 14.3 Å². The second-order valence-electron chi connectivity index (χ2n) is 8.10. The summed E-state index contributed by atoms with van der Waals surface area (Å²) >= 11 is 1.31. The minimum Gasteiger partial charge on any atom is -0.448 e. The molecule has 1 amide bonds. The Bertz CT molecular complexity index is 1410. The van der Waals surface area contributed by atoms with E-state index >= 15 is 0 Å². The van der Waals surface area contributed by atoms with Gasteiger partial charge in [0.05, 0.1) is 0 Å². The van der Waals surface area contributed by atoms with Gasteiger partial charge in [-0.25, -0.2) is 14.3 Å². The van der Waals surface area contributed by atoms with Crippen LogP contribution in [0.4, 0.5) is 0 Å². The number of carbonyl (C=O) groups excluding carboxylic acids is 2. The number of aromatic nitrogens is 3. The molecule has 1 saturated heterocycles. The van der Waals surface area contributed by atoms with Crippen molar-refractivity contribution in [1.29, 1.82) is 0 Å². The second kappa shape index (κ2) is 9.01. The predicted molar refractivity (Wildman–Crippen MR) is 129 cm³/mol. The predicted octanol–water partition coefficient (Wildman–Crippen LogP) is 0.755. The monoisotopic (exact) mass is 491 g/mol. The molecule has 1 aromatic heterocycles. The molecule has 178 valence electrons. The average Bonchev–Trinajstić information content (AvgIpc) is 2.89. The van der Waals surface area contributed by atoms with Crippen LogP contribution in [0.15, 0.2) is 75.9 Å². The molecule has 2 aliphatic heterocycles. The van der Waals surface area contributed by atoms with E-state index in [4.69, 9.17) is 10.5 Å². The van der Waals surface area contributed by atoms with Crippen LogP contribution < -0.4 is 17.0 Å². The number of β-lactam (4-membered cyclic amide) rings is 1. The van der Waals surface area contributed by atoms with Crippen molar-refractivity contribution in [3.63, 3.8) is 0 Å². The molecule has 1 unspecified atom stereocenters.